The van der Waals surface area contributed by atoms with Gasteiger partial charge in [0.05, 0.1) is 0 Å². The van der Waals surface area contributed by atoms with Crippen molar-refractivity contribution in [3.05, 3.63) is 77.2 Å². The van der Waals surface area contributed by atoms with Gasteiger partial charge in [-0.1, -0.05) is 24.3 Å². The molecule has 1 atom stereocenters. The van der Waals surface area contributed by atoms with E-state index in [-0.39, 0.29) is 11.9 Å². The summed E-state index contributed by atoms with van der Waals surface area (Å²) in [5.74, 6) is 0.511. The third-order valence-electron chi connectivity index (χ3n) is 4.82. The third kappa shape index (κ3) is 3.40. The summed E-state index contributed by atoms with van der Waals surface area (Å²) in [4.78, 5) is 23.5. The SMILES string of the molecule is Cc1cc(C)cc(NC(=O)c2cc(N3c4ccccc4CC3C)ncn2)c1. The first kappa shape index (κ1) is 17.2. The second-order valence-corrected chi connectivity index (χ2v) is 7.14. The molecular weight excluding hydrogens is 336 g/mol. The number of hydrogen-bond acceptors (Lipinski definition) is 4. The predicted molar refractivity (Wildman–Crippen MR) is 108 cm³/mol. The summed E-state index contributed by atoms with van der Waals surface area (Å²) in [6.45, 7) is 6.19. The maximum Gasteiger partial charge on any atom is 0.274 e. The van der Waals surface area contributed by atoms with Crippen LogP contribution in [0.15, 0.2) is 54.9 Å². The van der Waals surface area contributed by atoms with Crippen molar-refractivity contribution in [2.24, 2.45) is 0 Å². The normalized spacial score (nSPS) is 15.5. The van der Waals surface area contributed by atoms with Gasteiger partial charge in [0.1, 0.15) is 17.8 Å². The standard InChI is InChI=1S/C22H22N4O/c1-14-8-15(2)10-18(9-14)25-22(27)19-12-21(24-13-23-19)26-16(3)11-17-6-4-5-7-20(17)26/h4-10,12-13,16H,11H2,1-3H3,(H,25,27). The van der Waals surface area contributed by atoms with Gasteiger partial charge in [-0.25, -0.2) is 9.97 Å². The van der Waals surface area contributed by atoms with Crippen molar-refractivity contribution >= 4 is 23.1 Å². The number of rotatable bonds is 3. The number of aromatic nitrogens is 2. The van der Waals surface area contributed by atoms with Gasteiger partial charge in [-0.15, -0.1) is 0 Å². The molecule has 4 rings (SSSR count). The fourth-order valence-corrected chi connectivity index (χ4v) is 3.76. The highest BCUT2D eigenvalue weighted by Gasteiger charge is 2.28. The van der Waals surface area contributed by atoms with Crippen molar-refractivity contribution < 1.29 is 4.79 Å². The molecule has 1 aromatic heterocycles. The smallest absolute Gasteiger partial charge is 0.274 e. The van der Waals surface area contributed by atoms with Gasteiger partial charge in [-0.2, -0.15) is 0 Å². The molecule has 0 saturated carbocycles. The molecule has 0 saturated heterocycles. The van der Waals surface area contributed by atoms with Gasteiger partial charge in [0.15, 0.2) is 0 Å². The molecular formula is C22H22N4O. The third-order valence-corrected chi connectivity index (χ3v) is 4.82. The lowest BCUT2D eigenvalue weighted by Gasteiger charge is -2.23. The molecule has 27 heavy (non-hydrogen) atoms. The van der Waals surface area contributed by atoms with Crippen LogP contribution in [0.5, 0.6) is 0 Å². The molecule has 1 N–H and O–H groups in total. The molecule has 1 aliphatic heterocycles. The van der Waals surface area contributed by atoms with Gasteiger partial charge >= 0.3 is 0 Å². The number of carbonyl (C=O) groups is 1. The number of aryl methyl sites for hydroxylation is 2. The minimum atomic E-state index is -0.233. The van der Waals surface area contributed by atoms with Crippen LogP contribution in [-0.2, 0) is 6.42 Å². The topological polar surface area (TPSA) is 58.1 Å². The fourth-order valence-electron chi connectivity index (χ4n) is 3.76. The van der Waals surface area contributed by atoms with Crippen molar-refractivity contribution in [3.8, 4) is 0 Å². The number of anilines is 3. The van der Waals surface area contributed by atoms with Crippen LogP contribution in [0.2, 0.25) is 0 Å². The summed E-state index contributed by atoms with van der Waals surface area (Å²) in [5.41, 5.74) is 5.79. The van der Waals surface area contributed by atoms with E-state index in [1.807, 2.05) is 32.0 Å². The number of nitrogens with zero attached hydrogens (tertiary/aromatic N) is 3. The van der Waals surface area contributed by atoms with Crippen LogP contribution in [0, 0.1) is 13.8 Å². The van der Waals surface area contributed by atoms with Crippen molar-refractivity contribution in [3.63, 3.8) is 0 Å². The second-order valence-electron chi connectivity index (χ2n) is 7.14. The van der Waals surface area contributed by atoms with Gasteiger partial charge < -0.3 is 10.2 Å². The van der Waals surface area contributed by atoms with E-state index in [4.69, 9.17) is 0 Å². The van der Waals surface area contributed by atoms with Gasteiger partial charge in [0.25, 0.3) is 5.91 Å². The van der Waals surface area contributed by atoms with Crippen molar-refractivity contribution in [2.75, 3.05) is 10.2 Å². The van der Waals surface area contributed by atoms with E-state index in [0.717, 1.165) is 34.7 Å². The number of carbonyl (C=O) groups excluding carboxylic acids is 1. The predicted octanol–water partition coefficient (Wildman–Crippen LogP) is 4.43. The summed E-state index contributed by atoms with van der Waals surface area (Å²) < 4.78 is 0. The molecule has 1 aliphatic rings. The summed E-state index contributed by atoms with van der Waals surface area (Å²) in [7, 11) is 0. The van der Waals surface area contributed by atoms with Crippen molar-refractivity contribution in [2.45, 2.75) is 33.2 Å². The number of amides is 1. The first-order valence-corrected chi connectivity index (χ1v) is 9.10. The van der Waals surface area contributed by atoms with Gasteiger partial charge in [-0.3, -0.25) is 4.79 Å². The highest BCUT2D eigenvalue weighted by Crippen LogP contribution is 2.37. The second kappa shape index (κ2) is 6.83. The molecule has 2 heterocycles. The Kier molecular flexibility index (Phi) is 4.36. The zero-order valence-electron chi connectivity index (χ0n) is 15.7. The van der Waals surface area contributed by atoms with E-state index in [2.05, 4.69) is 51.4 Å². The number of hydrogen-bond donors (Lipinski definition) is 1. The van der Waals surface area contributed by atoms with E-state index < -0.39 is 0 Å². The molecule has 2 aromatic carbocycles. The molecule has 0 bridgehead atoms. The minimum absolute atomic E-state index is 0.233. The highest BCUT2D eigenvalue weighted by molar-refractivity contribution is 6.03. The Morgan fingerprint density at radius 1 is 1.07 bits per heavy atom. The van der Waals surface area contributed by atoms with Gasteiger partial charge in [0, 0.05) is 23.5 Å². The minimum Gasteiger partial charge on any atom is -0.323 e. The molecule has 0 fully saturated rings. The Morgan fingerprint density at radius 3 is 2.59 bits per heavy atom. The first-order valence-electron chi connectivity index (χ1n) is 9.10. The molecule has 136 valence electrons. The Balaban J connectivity index is 1.62. The van der Waals surface area contributed by atoms with Crippen LogP contribution in [0.3, 0.4) is 0 Å². The number of nitrogens with one attached hydrogen (secondary N) is 1. The maximum atomic E-state index is 12.7. The van der Waals surface area contributed by atoms with Crippen LogP contribution in [-0.4, -0.2) is 21.9 Å². The van der Waals surface area contributed by atoms with E-state index in [9.17, 15) is 4.79 Å². The van der Waals surface area contributed by atoms with E-state index in [0.29, 0.717) is 5.69 Å². The van der Waals surface area contributed by atoms with Crippen LogP contribution in [0.25, 0.3) is 0 Å². The van der Waals surface area contributed by atoms with Crippen molar-refractivity contribution in [1.82, 2.24) is 9.97 Å². The average molecular weight is 358 g/mol. The molecule has 5 heteroatoms. The Hall–Kier alpha value is -3.21. The lowest BCUT2D eigenvalue weighted by Crippen LogP contribution is -2.25. The summed E-state index contributed by atoms with van der Waals surface area (Å²) in [5, 5.41) is 2.94. The molecule has 1 unspecified atom stereocenters. The number of fused-ring (bicyclic) bond motifs is 1. The first-order chi connectivity index (χ1) is 13.0. The van der Waals surface area contributed by atoms with Gasteiger partial charge in [-0.05, 0) is 62.1 Å². The summed E-state index contributed by atoms with van der Waals surface area (Å²) >= 11 is 0. The lowest BCUT2D eigenvalue weighted by molar-refractivity contribution is 0.102. The number of benzene rings is 2. The lowest BCUT2D eigenvalue weighted by atomic mass is 10.1. The molecule has 1 amide bonds. The fraction of sp³-hybridized carbons (Fsp3) is 0.227. The van der Waals surface area contributed by atoms with Crippen LogP contribution in [0.1, 0.15) is 34.1 Å². The summed E-state index contributed by atoms with van der Waals surface area (Å²) in [6.07, 6.45) is 2.42. The van der Waals surface area contributed by atoms with Crippen LogP contribution < -0.4 is 10.2 Å². The largest absolute Gasteiger partial charge is 0.323 e. The van der Waals surface area contributed by atoms with Gasteiger partial charge in [0.2, 0.25) is 0 Å². The Morgan fingerprint density at radius 2 is 1.81 bits per heavy atom. The molecule has 0 spiro atoms. The van der Waals surface area contributed by atoms with Crippen LogP contribution in [0.4, 0.5) is 17.2 Å². The Bertz CT molecular complexity index is 994. The zero-order chi connectivity index (χ0) is 19.0. The molecule has 5 nitrogen and oxygen atoms in total. The quantitative estimate of drug-likeness (QED) is 0.752. The molecule has 3 aromatic rings. The molecule has 0 aliphatic carbocycles. The monoisotopic (exact) mass is 358 g/mol. The Labute approximate surface area is 159 Å². The summed E-state index contributed by atoms with van der Waals surface area (Å²) in [6, 6.07) is 16.3. The highest BCUT2D eigenvalue weighted by atomic mass is 16.1. The number of para-hydroxylation sites is 1. The maximum absolute atomic E-state index is 12.7. The zero-order valence-corrected chi connectivity index (χ0v) is 15.7. The molecule has 0 radical (unpaired) electrons. The van der Waals surface area contributed by atoms with Crippen LogP contribution >= 0.6 is 0 Å². The van der Waals surface area contributed by atoms with E-state index >= 15 is 0 Å². The van der Waals surface area contributed by atoms with E-state index in [1.54, 1.807) is 6.07 Å². The van der Waals surface area contributed by atoms with Crippen molar-refractivity contribution in [1.29, 1.82) is 0 Å². The average Bonchev–Trinajstić information content (AvgIpc) is 2.96. The van der Waals surface area contributed by atoms with E-state index in [1.165, 1.54) is 11.9 Å².